The van der Waals surface area contributed by atoms with E-state index >= 15 is 0 Å². The Balaban J connectivity index is 1.38. The molecule has 0 aliphatic carbocycles. The second-order valence-electron chi connectivity index (χ2n) is 9.83. The minimum atomic E-state index is -1.29. The Labute approximate surface area is 231 Å². The molecule has 4 aromatic carbocycles. The molecule has 1 fully saturated rings. The molecule has 1 saturated heterocycles. The molecule has 0 saturated carbocycles. The Morgan fingerprint density at radius 3 is 1.85 bits per heavy atom. The third-order valence-electron chi connectivity index (χ3n) is 7.25. The van der Waals surface area contributed by atoms with Gasteiger partial charge in [0.25, 0.3) is 11.8 Å². The van der Waals surface area contributed by atoms with Crippen LogP contribution in [0.2, 0.25) is 0 Å². The first-order valence-electron chi connectivity index (χ1n) is 13.0. The number of amides is 2. The largest absolute Gasteiger partial charge is 0.497 e. The summed E-state index contributed by atoms with van der Waals surface area (Å²) in [5.41, 5.74) is 1.59. The van der Waals surface area contributed by atoms with Gasteiger partial charge in [-0.25, -0.2) is 8.78 Å². The first-order chi connectivity index (χ1) is 19.3. The molecule has 1 aliphatic rings. The van der Waals surface area contributed by atoms with Crippen molar-refractivity contribution in [3.63, 3.8) is 0 Å². The lowest BCUT2D eigenvalue weighted by Crippen LogP contribution is -2.71. The van der Waals surface area contributed by atoms with Crippen LogP contribution < -0.4 is 20.3 Å². The van der Waals surface area contributed by atoms with Gasteiger partial charge < -0.3 is 20.3 Å². The number of rotatable bonds is 7. The minimum absolute atomic E-state index is 0.256. The summed E-state index contributed by atoms with van der Waals surface area (Å²) < 4.78 is 32.3. The lowest BCUT2D eigenvalue weighted by atomic mass is 10.1. The Morgan fingerprint density at radius 1 is 0.775 bits per heavy atom. The highest BCUT2D eigenvalue weighted by Gasteiger charge is 2.38. The second kappa shape index (κ2) is 11.3. The molecule has 5 rings (SSSR count). The van der Waals surface area contributed by atoms with Gasteiger partial charge in [0.15, 0.2) is 5.79 Å². The number of hydrogen-bond donors (Lipinski definition) is 2. The molecule has 0 atom stereocenters. The van der Waals surface area contributed by atoms with Crippen LogP contribution in [-0.2, 0) is 0 Å². The normalized spacial score (nSPS) is 14.2. The first-order valence-corrected chi connectivity index (χ1v) is 13.0. The SMILES string of the molecule is COc1ccc2cccc(N3CCN(C(C)(NC(=O)c4ccc(F)cc4)NC(=O)c4ccc(F)cc4)CC3)c2c1. The van der Waals surface area contributed by atoms with Crippen LogP contribution >= 0.6 is 0 Å². The fourth-order valence-corrected chi connectivity index (χ4v) is 5.01. The highest BCUT2D eigenvalue weighted by molar-refractivity contribution is 5.97. The Bertz CT molecular complexity index is 1460. The van der Waals surface area contributed by atoms with Gasteiger partial charge in [-0.05, 0) is 79.0 Å². The Morgan fingerprint density at radius 2 is 1.32 bits per heavy atom. The summed E-state index contributed by atoms with van der Waals surface area (Å²) in [5, 5.41) is 8.04. The van der Waals surface area contributed by atoms with Crippen molar-refractivity contribution in [1.82, 2.24) is 15.5 Å². The maximum absolute atomic E-state index is 13.4. The zero-order valence-corrected chi connectivity index (χ0v) is 22.3. The van der Waals surface area contributed by atoms with Crippen LogP contribution in [0.15, 0.2) is 84.9 Å². The van der Waals surface area contributed by atoms with Crippen LogP contribution in [0, 0.1) is 11.6 Å². The van der Waals surface area contributed by atoms with Gasteiger partial charge in [-0.2, -0.15) is 0 Å². The molecule has 0 aromatic heterocycles. The van der Waals surface area contributed by atoms with E-state index < -0.39 is 29.2 Å². The summed E-state index contributed by atoms with van der Waals surface area (Å²) in [5.74, 6) is -2.35. The summed E-state index contributed by atoms with van der Waals surface area (Å²) in [6.45, 7) is 4.01. The van der Waals surface area contributed by atoms with Gasteiger partial charge in [-0.15, -0.1) is 0 Å². The standard InChI is InChI=1S/C31H30F2N4O3/c1-31(34-29(38)22-6-11-24(32)12-7-22,35-30(39)23-8-13-25(33)14-9-23)37-18-16-36(17-19-37)28-5-3-4-21-10-15-26(40-2)20-27(21)28/h3-15,20H,16-19H2,1-2H3,(H,34,38)(H,35,39). The van der Waals surface area contributed by atoms with Crippen LogP contribution in [0.1, 0.15) is 27.6 Å². The molecule has 2 N–H and O–H groups in total. The number of carbonyl (C=O) groups is 2. The smallest absolute Gasteiger partial charge is 0.254 e. The number of anilines is 1. The monoisotopic (exact) mass is 544 g/mol. The van der Waals surface area contributed by atoms with E-state index in [1.165, 1.54) is 48.5 Å². The molecule has 2 amide bonds. The topological polar surface area (TPSA) is 73.9 Å². The predicted molar refractivity (Wildman–Crippen MR) is 150 cm³/mol. The minimum Gasteiger partial charge on any atom is -0.497 e. The first kappa shape index (κ1) is 27.1. The van der Waals surface area contributed by atoms with E-state index in [2.05, 4.69) is 27.7 Å². The maximum atomic E-state index is 13.4. The van der Waals surface area contributed by atoms with Crippen LogP contribution in [0.25, 0.3) is 10.8 Å². The number of hydrogen-bond acceptors (Lipinski definition) is 5. The van der Waals surface area contributed by atoms with Crippen LogP contribution in [0.4, 0.5) is 14.5 Å². The predicted octanol–water partition coefficient (Wildman–Crippen LogP) is 4.78. The molecule has 9 heteroatoms. The second-order valence-corrected chi connectivity index (χ2v) is 9.83. The van der Waals surface area contributed by atoms with Gasteiger partial charge in [0.05, 0.1) is 7.11 Å². The van der Waals surface area contributed by atoms with Gasteiger partial charge in [0, 0.05) is 48.4 Å². The summed E-state index contributed by atoms with van der Waals surface area (Å²) in [4.78, 5) is 30.6. The quantitative estimate of drug-likeness (QED) is 0.328. The van der Waals surface area contributed by atoms with E-state index in [1.807, 2.05) is 29.2 Å². The Kier molecular flexibility index (Phi) is 7.66. The van der Waals surface area contributed by atoms with E-state index in [1.54, 1.807) is 14.0 Å². The number of benzene rings is 4. The lowest BCUT2D eigenvalue weighted by molar-refractivity contribution is 0.0282. The highest BCUT2D eigenvalue weighted by Crippen LogP contribution is 2.31. The zero-order valence-electron chi connectivity index (χ0n) is 22.3. The van der Waals surface area contributed by atoms with Gasteiger partial charge in [-0.3, -0.25) is 14.5 Å². The van der Waals surface area contributed by atoms with Crippen molar-refractivity contribution >= 4 is 28.3 Å². The summed E-state index contributed by atoms with van der Waals surface area (Å²) in [6.07, 6.45) is 0. The van der Waals surface area contributed by atoms with E-state index in [0.29, 0.717) is 26.2 Å². The van der Waals surface area contributed by atoms with Crippen molar-refractivity contribution in [2.75, 3.05) is 38.2 Å². The summed E-state index contributed by atoms with van der Waals surface area (Å²) in [6, 6.07) is 22.5. The number of methoxy groups -OCH3 is 1. The number of nitrogens with one attached hydrogen (secondary N) is 2. The van der Waals surface area contributed by atoms with E-state index in [9.17, 15) is 18.4 Å². The summed E-state index contributed by atoms with van der Waals surface area (Å²) in [7, 11) is 1.64. The van der Waals surface area contributed by atoms with Crippen molar-refractivity contribution in [2.24, 2.45) is 0 Å². The molecular formula is C31H30F2N4O3. The summed E-state index contributed by atoms with van der Waals surface area (Å²) >= 11 is 0. The van der Waals surface area contributed by atoms with Gasteiger partial charge in [0.1, 0.15) is 17.4 Å². The van der Waals surface area contributed by atoms with Gasteiger partial charge in [-0.1, -0.05) is 18.2 Å². The average Bonchev–Trinajstić information content (AvgIpc) is 2.97. The fraction of sp³-hybridized carbons (Fsp3) is 0.226. The van der Waals surface area contributed by atoms with Gasteiger partial charge in [0.2, 0.25) is 0 Å². The zero-order chi connectivity index (χ0) is 28.3. The number of fused-ring (bicyclic) bond motifs is 1. The van der Waals surface area contributed by atoms with Crippen LogP contribution in [0.5, 0.6) is 5.75 Å². The molecule has 0 radical (unpaired) electrons. The number of nitrogens with zero attached hydrogens (tertiary/aromatic N) is 2. The van der Waals surface area contributed by atoms with E-state index in [-0.39, 0.29) is 11.1 Å². The maximum Gasteiger partial charge on any atom is 0.254 e. The highest BCUT2D eigenvalue weighted by atomic mass is 19.1. The molecule has 0 bridgehead atoms. The van der Waals surface area contributed by atoms with Crippen LogP contribution in [-0.4, -0.2) is 55.8 Å². The number of halogens is 2. The molecule has 206 valence electrons. The molecular weight excluding hydrogens is 514 g/mol. The fourth-order valence-electron chi connectivity index (χ4n) is 5.01. The molecule has 7 nitrogen and oxygen atoms in total. The third-order valence-corrected chi connectivity index (χ3v) is 7.25. The molecule has 0 unspecified atom stereocenters. The van der Waals surface area contributed by atoms with Gasteiger partial charge >= 0.3 is 0 Å². The van der Waals surface area contributed by atoms with E-state index in [0.717, 1.165) is 22.2 Å². The molecule has 0 spiro atoms. The van der Waals surface area contributed by atoms with E-state index in [4.69, 9.17) is 4.74 Å². The average molecular weight is 545 g/mol. The van der Waals surface area contributed by atoms with Crippen molar-refractivity contribution in [3.8, 4) is 5.75 Å². The number of piperazine rings is 1. The molecule has 1 aliphatic heterocycles. The molecule has 1 heterocycles. The van der Waals surface area contributed by atoms with Crippen molar-refractivity contribution in [3.05, 3.63) is 108 Å². The number of ether oxygens (including phenoxy) is 1. The van der Waals surface area contributed by atoms with Crippen molar-refractivity contribution in [1.29, 1.82) is 0 Å². The van der Waals surface area contributed by atoms with Crippen LogP contribution in [0.3, 0.4) is 0 Å². The molecule has 40 heavy (non-hydrogen) atoms. The lowest BCUT2D eigenvalue weighted by Gasteiger charge is -2.46. The molecule has 4 aromatic rings. The van der Waals surface area contributed by atoms with Crippen molar-refractivity contribution in [2.45, 2.75) is 12.7 Å². The number of carbonyl (C=O) groups excluding carboxylic acids is 2. The Hall–Kier alpha value is -4.50. The van der Waals surface area contributed by atoms with Crippen molar-refractivity contribution < 1.29 is 23.1 Å². The third kappa shape index (κ3) is 5.74.